The van der Waals surface area contributed by atoms with Crippen molar-refractivity contribution < 1.29 is 37.7 Å². The number of nitrogens with one attached hydrogen (secondary N) is 3. The van der Waals surface area contributed by atoms with Crippen molar-refractivity contribution in [2.75, 3.05) is 25.6 Å². The lowest BCUT2D eigenvalue weighted by atomic mass is 10.0. The molecule has 4 atom stereocenters. The second kappa shape index (κ2) is 17.9. The lowest BCUT2D eigenvalue weighted by molar-refractivity contribution is -0.149. The van der Waals surface area contributed by atoms with E-state index in [4.69, 9.17) is 24.5 Å². The molecule has 1 aromatic carbocycles. The average Bonchev–Trinajstić information content (AvgIpc) is 3.62. The van der Waals surface area contributed by atoms with E-state index in [1.54, 1.807) is 40.8 Å². The fraction of sp³-hybridized carbons (Fsp3) is 0.556. The van der Waals surface area contributed by atoms with Crippen LogP contribution < -0.4 is 21.7 Å². The van der Waals surface area contributed by atoms with Crippen molar-refractivity contribution >= 4 is 49.5 Å². The summed E-state index contributed by atoms with van der Waals surface area (Å²) in [7, 11) is -2.62. The van der Waals surface area contributed by atoms with Crippen LogP contribution >= 0.6 is 8.18 Å². The number of alkyl carbamates (subject to hydrolysis) is 1. The van der Waals surface area contributed by atoms with Crippen LogP contribution in [-0.2, 0) is 39.3 Å². The topological polar surface area (TPSA) is 219 Å². The van der Waals surface area contributed by atoms with E-state index in [1.807, 2.05) is 44.2 Å². The second-order valence-corrected chi connectivity index (χ2v) is 15.6. The largest absolute Gasteiger partial charge is 0.613 e. The van der Waals surface area contributed by atoms with E-state index >= 15 is 0 Å². The molecule has 2 aromatic heterocycles. The molecule has 2 unspecified atom stereocenters. The van der Waals surface area contributed by atoms with Gasteiger partial charge in [-0.05, 0) is 54.7 Å². The molecule has 1 amide bonds. The van der Waals surface area contributed by atoms with Crippen LogP contribution in [0.5, 0.6) is 0 Å². The molecule has 0 aliphatic heterocycles. The highest BCUT2D eigenvalue weighted by Crippen LogP contribution is 2.54. The van der Waals surface area contributed by atoms with Crippen LogP contribution in [0.2, 0.25) is 0 Å². The van der Waals surface area contributed by atoms with E-state index in [1.165, 1.54) is 10.9 Å². The standard InChI is InChI=1S/C36H50N7O9P/c1-8-23(9-2)18-49-31(45)26(15-24-13-11-10-12-14-24)42-53(48)51-20-36(19-50-32(46)27(22(3)4)39-34(47)52-35(5,6)7)16-25(36)17-43-21-38-28-29(43)40-33(37)41-30(28)44/h10-14,17,21-23,26-27H,8-9,15-16,18-20H2,1-7H3,(H4-,37,39,40,41,42,44,47,48)/p+1/b25-17-/t26-,27-,36?/m0/s1. The van der Waals surface area contributed by atoms with Gasteiger partial charge in [0, 0.05) is 12.6 Å². The van der Waals surface area contributed by atoms with Crippen LogP contribution in [0.1, 0.15) is 73.3 Å². The number of fused-ring (bicyclic) bond motifs is 1. The Bertz CT molecular complexity index is 1850. The number of aromatic amines is 1. The second-order valence-electron chi connectivity index (χ2n) is 14.6. The molecule has 53 heavy (non-hydrogen) atoms. The van der Waals surface area contributed by atoms with Gasteiger partial charge >= 0.3 is 26.2 Å². The molecule has 16 nitrogen and oxygen atoms in total. The molecule has 17 heteroatoms. The monoisotopic (exact) mass is 756 g/mol. The van der Waals surface area contributed by atoms with E-state index in [9.17, 15) is 23.7 Å². The van der Waals surface area contributed by atoms with Crippen molar-refractivity contribution in [3.8, 4) is 0 Å². The number of ether oxygens (including phenoxy) is 3. The smallest absolute Gasteiger partial charge is 0.464 e. The van der Waals surface area contributed by atoms with Crippen molar-refractivity contribution in [3.63, 3.8) is 0 Å². The molecule has 1 fully saturated rings. The Balaban J connectivity index is 1.53. The van der Waals surface area contributed by atoms with Crippen molar-refractivity contribution in [1.29, 1.82) is 0 Å². The molecule has 4 rings (SSSR count). The van der Waals surface area contributed by atoms with E-state index in [-0.39, 0.29) is 55.2 Å². The third-order valence-corrected chi connectivity index (χ3v) is 9.70. The van der Waals surface area contributed by atoms with Gasteiger partial charge in [0.2, 0.25) is 5.95 Å². The maximum absolute atomic E-state index is 13.5. The number of nitrogen functional groups attached to an aromatic ring is 1. The molecule has 0 spiro atoms. The molecule has 0 bridgehead atoms. The zero-order chi connectivity index (χ0) is 38.9. The summed E-state index contributed by atoms with van der Waals surface area (Å²) >= 11 is 0. The summed E-state index contributed by atoms with van der Waals surface area (Å²) < 4.78 is 37.6. The Kier molecular flexibility index (Phi) is 13.9. The van der Waals surface area contributed by atoms with Crippen molar-refractivity contribution in [1.82, 2.24) is 29.9 Å². The molecular formula is C36H51N7O9P+. The number of benzene rings is 1. The van der Waals surface area contributed by atoms with Gasteiger partial charge < -0.3 is 25.3 Å². The summed E-state index contributed by atoms with van der Waals surface area (Å²) in [5.41, 5.74) is 5.37. The van der Waals surface area contributed by atoms with Crippen LogP contribution in [0.3, 0.4) is 0 Å². The minimum atomic E-state index is -2.62. The van der Waals surface area contributed by atoms with Gasteiger partial charge in [-0.1, -0.05) is 76.0 Å². The summed E-state index contributed by atoms with van der Waals surface area (Å²) in [5, 5.41) is 5.39. The van der Waals surface area contributed by atoms with Crippen LogP contribution in [0.4, 0.5) is 10.7 Å². The molecule has 2 heterocycles. The van der Waals surface area contributed by atoms with E-state index in [2.05, 4.69) is 25.4 Å². The molecule has 0 saturated heterocycles. The first kappa shape index (κ1) is 41.1. The number of nitrogens with zero attached hydrogens (tertiary/aromatic N) is 3. The number of amides is 1. The van der Waals surface area contributed by atoms with Crippen molar-refractivity contribution in [3.05, 3.63) is 58.1 Å². The van der Waals surface area contributed by atoms with Crippen LogP contribution in [-0.4, -0.2) is 75.1 Å². The summed E-state index contributed by atoms with van der Waals surface area (Å²) in [6, 6.07) is 7.30. The first-order valence-electron chi connectivity index (χ1n) is 17.7. The Morgan fingerprint density at radius 2 is 1.79 bits per heavy atom. The highest BCUT2D eigenvalue weighted by molar-refractivity contribution is 7.36. The summed E-state index contributed by atoms with van der Waals surface area (Å²) in [4.78, 5) is 62.2. The quantitative estimate of drug-likeness (QED) is 0.0774. The molecule has 3 aromatic rings. The van der Waals surface area contributed by atoms with Gasteiger partial charge in [-0.3, -0.25) is 19.1 Å². The number of carbonyl (C=O) groups is 3. The maximum atomic E-state index is 13.5. The molecule has 5 N–H and O–H groups in total. The number of nitrogens with two attached hydrogens (primary N) is 1. The number of imidazole rings is 1. The number of carbonyl (C=O) groups excluding carboxylic acids is 3. The molecule has 0 radical (unpaired) electrons. The highest BCUT2D eigenvalue weighted by Gasteiger charge is 2.53. The predicted molar refractivity (Wildman–Crippen MR) is 198 cm³/mol. The van der Waals surface area contributed by atoms with Gasteiger partial charge in [-0.2, -0.15) is 4.98 Å². The summed E-state index contributed by atoms with van der Waals surface area (Å²) in [6.07, 6.45) is 4.57. The van der Waals surface area contributed by atoms with Gasteiger partial charge in [0.25, 0.3) is 5.56 Å². The zero-order valence-electron chi connectivity index (χ0n) is 31.3. The number of hydrogen-bond acceptors (Lipinski definition) is 12. The lowest BCUT2D eigenvalue weighted by Crippen LogP contribution is -2.47. The third kappa shape index (κ3) is 11.7. The SMILES string of the molecule is CCC(CC)COC(=O)[C@H](Cc1ccccc1)N[P+](=O)OCC1(COC(=O)[C@@H](NC(=O)OC(C)(C)C)C(C)C)C/C1=C/n1cnc2c(=O)[nH]c(N)nc21. The van der Waals surface area contributed by atoms with Gasteiger partial charge in [0.05, 0.1) is 12.0 Å². The zero-order valence-corrected chi connectivity index (χ0v) is 32.2. The number of anilines is 1. The van der Waals surface area contributed by atoms with Crippen molar-refractivity contribution in [2.45, 2.75) is 91.8 Å². The van der Waals surface area contributed by atoms with Gasteiger partial charge in [-0.15, -0.1) is 4.52 Å². The summed E-state index contributed by atoms with van der Waals surface area (Å²) in [5.74, 6) is -1.47. The fourth-order valence-corrected chi connectivity index (χ4v) is 6.36. The van der Waals surface area contributed by atoms with Crippen molar-refractivity contribution in [2.24, 2.45) is 17.3 Å². The Morgan fingerprint density at radius 3 is 2.43 bits per heavy atom. The maximum Gasteiger partial charge on any atom is 0.613 e. The highest BCUT2D eigenvalue weighted by atomic mass is 31.1. The predicted octanol–water partition coefficient (Wildman–Crippen LogP) is 4.88. The number of H-pyrrole nitrogens is 1. The average molecular weight is 757 g/mol. The molecular weight excluding hydrogens is 705 g/mol. The molecule has 1 saturated carbocycles. The Hall–Kier alpha value is -4.66. The van der Waals surface area contributed by atoms with Gasteiger partial charge in [0.1, 0.15) is 31.2 Å². The normalized spacial score (nSPS) is 17.8. The van der Waals surface area contributed by atoms with Gasteiger partial charge in [-0.25, -0.2) is 14.6 Å². The Morgan fingerprint density at radius 1 is 1.09 bits per heavy atom. The number of esters is 2. The Labute approximate surface area is 309 Å². The van der Waals surface area contributed by atoms with Crippen LogP contribution in [0.15, 0.2) is 47.0 Å². The molecule has 1 aliphatic carbocycles. The van der Waals surface area contributed by atoms with E-state index < -0.39 is 54.9 Å². The minimum absolute atomic E-state index is 0.0748. The molecule has 288 valence electrons. The van der Waals surface area contributed by atoms with Crippen LogP contribution in [0.25, 0.3) is 17.4 Å². The number of aromatic nitrogens is 4. The molecule has 1 aliphatic rings. The minimum Gasteiger partial charge on any atom is -0.464 e. The lowest BCUT2D eigenvalue weighted by Gasteiger charge is -2.25. The van der Waals surface area contributed by atoms with Crippen LogP contribution in [0, 0.1) is 17.3 Å². The first-order valence-corrected chi connectivity index (χ1v) is 18.9. The van der Waals surface area contributed by atoms with E-state index in [0.29, 0.717) is 12.0 Å². The van der Waals surface area contributed by atoms with Gasteiger partial charge in [0.15, 0.2) is 17.2 Å². The number of rotatable bonds is 18. The van der Waals surface area contributed by atoms with E-state index in [0.717, 1.165) is 18.4 Å². The summed E-state index contributed by atoms with van der Waals surface area (Å²) in [6.45, 7) is 12.6. The fourth-order valence-electron chi connectivity index (χ4n) is 5.47. The first-order chi connectivity index (χ1) is 25.0. The number of hydrogen-bond donors (Lipinski definition) is 4. The third-order valence-electron chi connectivity index (χ3n) is 8.82.